The Hall–Kier alpha value is -2.46. The lowest BCUT2D eigenvalue weighted by Crippen LogP contribution is -1.87. The van der Waals surface area contributed by atoms with E-state index in [1.54, 1.807) is 11.3 Å². The van der Waals surface area contributed by atoms with E-state index in [4.69, 9.17) is 0 Å². The van der Waals surface area contributed by atoms with Crippen LogP contribution in [-0.4, -0.2) is 14.4 Å². The molecule has 3 heterocycles. The molecule has 1 aromatic carbocycles. The van der Waals surface area contributed by atoms with Crippen molar-refractivity contribution in [1.29, 1.82) is 0 Å². The number of rotatable bonds is 3. The summed E-state index contributed by atoms with van der Waals surface area (Å²) in [4.78, 5) is 9.00. The molecule has 0 N–H and O–H groups in total. The Balaban J connectivity index is 1.70. The first-order valence-electron chi connectivity index (χ1n) is 6.74. The smallest absolute Gasteiger partial charge is 0.137 e. The third-order valence-electron chi connectivity index (χ3n) is 3.55. The minimum absolute atomic E-state index is 0.832. The minimum atomic E-state index is 0.832. The summed E-state index contributed by atoms with van der Waals surface area (Å²) in [6, 6.07) is 10.5. The van der Waals surface area contributed by atoms with Gasteiger partial charge in [-0.15, -0.1) is 11.3 Å². The first-order chi connectivity index (χ1) is 10.3. The third kappa shape index (κ3) is 2.23. The molecule has 4 aromatic rings. The topological polar surface area (TPSA) is 30.2 Å². The molecule has 4 heteroatoms. The summed E-state index contributed by atoms with van der Waals surface area (Å²) in [5.41, 5.74) is 7.33. The van der Waals surface area contributed by atoms with Gasteiger partial charge in [0.15, 0.2) is 0 Å². The molecule has 4 rings (SSSR count). The van der Waals surface area contributed by atoms with Crippen LogP contribution in [0.4, 0.5) is 0 Å². The molecule has 0 radical (unpaired) electrons. The second kappa shape index (κ2) is 4.82. The summed E-state index contributed by atoms with van der Waals surface area (Å²) in [6.07, 6.45) is 6.78. The molecule has 0 saturated carbocycles. The van der Waals surface area contributed by atoms with Gasteiger partial charge >= 0.3 is 0 Å². The van der Waals surface area contributed by atoms with Crippen LogP contribution >= 0.6 is 11.3 Å². The quantitative estimate of drug-likeness (QED) is 0.567. The van der Waals surface area contributed by atoms with E-state index in [2.05, 4.69) is 40.9 Å². The van der Waals surface area contributed by atoms with E-state index in [1.165, 1.54) is 10.3 Å². The van der Waals surface area contributed by atoms with Gasteiger partial charge in [-0.1, -0.05) is 18.7 Å². The van der Waals surface area contributed by atoms with Crippen LogP contribution in [0.5, 0.6) is 0 Å². The number of aromatic nitrogens is 3. The fraction of sp³-hybridized carbons (Fsp3) is 0.0588. The molecule has 0 atom stereocenters. The highest BCUT2D eigenvalue weighted by atomic mass is 32.1. The van der Waals surface area contributed by atoms with Gasteiger partial charge in [0, 0.05) is 18.8 Å². The second-order valence-corrected chi connectivity index (χ2v) is 5.88. The van der Waals surface area contributed by atoms with Crippen molar-refractivity contribution in [2.45, 2.75) is 6.42 Å². The van der Waals surface area contributed by atoms with Crippen LogP contribution in [0.2, 0.25) is 0 Å². The fourth-order valence-electron chi connectivity index (χ4n) is 2.48. The Kier molecular flexibility index (Phi) is 2.82. The number of benzene rings is 1. The number of pyridine rings is 1. The van der Waals surface area contributed by atoms with Crippen LogP contribution in [-0.2, 0) is 6.42 Å². The van der Waals surface area contributed by atoms with E-state index in [0.29, 0.717) is 0 Å². The molecule has 3 nitrogen and oxygen atoms in total. The molecule has 0 unspecified atom stereocenters. The number of fused-ring (bicyclic) bond motifs is 2. The molecule has 0 aliphatic heterocycles. The van der Waals surface area contributed by atoms with Crippen molar-refractivity contribution in [3.05, 3.63) is 71.6 Å². The Bertz CT molecular complexity index is 949. The van der Waals surface area contributed by atoms with Gasteiger partial charge in [0.2, 0.25) is 0 Å². The maximum absolute atomic E-state index is 4.69. The monoisotopic (exact) mass is 291 g/mol. The number of thiazole rings is 1. The van der Waals surface area contributed by atoms with Gasteiger partial charge in [-0.3, -0.25) is 0 Å². The van der Waals surface area contributed by atoms with Crippen molar-refractivity contribution in [2.75, 3.05) is 0 Å². The van der Waals surface area contributed by atoms with Gasteiger partial charge in [-0.2, -0.15) is 0 Å². The fourth-order valence-corrected chi connectivity index (χ4v) is 3.22. The van der Waals surface area contributed by atoms with E-state index in [1.807, 2.05) is 34.3 Å². The summed E-state index contributed by atoms with van der Waals surface area (Å²) in [5.74, 6) is 0. The van der Waals surface area contributed by atoms with Gasteiger partial charge in [0.25, 0.3) is 0 Å². The molecule has 0 aliphatic rings. The van der Waals surface area contributed by atoms with Crippen molar-refractivity contribution >= 4 is 33.3 Å². The van der Waals surface area contributed by atoms with Crippen molar-refractivity contribution in [2.24, 2.45) is 0 Å². The lowest BCUT2D eigenvalue weighted by atomic mass is 10.1. The Morgan fingerprint density at radius 2 is 2.19 bits per heavy atom. The van der Waals surface area contributed by atoms with Crippen molar-refractivity contribution in [1.82, 2.24) is 14.4 Å². The first-order valence-corrected chi connectivity index (χ1v) is 7.62. The number of hydrogen-bond acceptors (Lipinski definition) is 3. The van der Waals surface area contributed by atoms with Gasteiger partial charge in [0.05, 0.1) is 21.4 Å². The average molecular weight is 291 g/mol. The largest absolute Gasteiger partial charge is 0.307 e. The van der Waals surface area contributed by atoms with Crippen molar-refractivity contribution in [3.63, 3.8) is 0 Å². The molecule has 0 fully saturated rings. The molecule has 102 valence electrons. The van der Waals surface area contributed by atoms with Crippen LogP contribution in [0.1, 0.15) is 16.8 Å². The molecule has 21 heavy (non-hydrogen) atoms. The predicted octanol–water partition coefficient (Wildman–Crippen LogP) is 4.18. The predicted molar refractivity (Wildman–Crippen MR) is 87.7 cm³/mol. The van der Waals surface area contributed by atoms with E-state index in [0.717, 1.165) is 28.8 Å². The van der Waals surface area contributed by atoms with Crippen LogP contribution in [0, 0.1) is 0 Å². The maximum atomic E-state index is 4.69. The molecule has 0 amide bonds. The normalized spacial score (nSPS) is 11.2. The lowest BCUT2D eigenvalue weighted by molar-refractivity contribution is 1.12. The highest BCUT2D eigenvalue weighted by Gasteiger charge is 2.05. The minimum Gasteiger partial charge on any atom is -0.307 e. The second-order valence-electron chi connectivity index (χ2n) is 4.99. The first kappa shape index (κ1) is 12.3. The van der Waals surface area contributed by atoms with Crippen molar-refractivity contribution < 1.29 is 0 Å². The maximum Gasteiger partial charge on any atom is 0.137 e. The zero-order chi connectivity index (χ0) is 14.2. The van der Waals surface area contributed by atoms with E-state index in [-0.39, 0.29) is 0 Å². The summed E-state index contributed by atoms with van der Waals surface area (Å²) in [5, 5.41) is 0. The van der Waals surface area contributed by atoms with Gasteiger partial charge < -0.3 is 4.40 Å². The number of hydrogen-bond donors (Lipinski definition) is 0. The molecular formula is C17H13N3S. The van der Waals surface area contributed by atoms with E-state index in [9.17, 15) is 0 Å². The van der Waals surface area contributed by atoms with E-state index < -0.39 is 0 Å². The van der Waals surface area contributed by atoms with Crippen LogP contribution in [0.25, 0.3) is 21.9 Å². The Morgan fingerprint density at radius 3 is 3.10 bits per heavy atom. The molecule has 0 spiro atoms. The summed E-state index contributed by atoms with van der Waals surface area (Å²) < 4.78 is 3.28. The number of nitrogens with zero attached hydrogens (tertiary/aromatic N) is 3. The average Bonchev–Trinajstić information content (AvgIpc) is 3.11. The molecular weight excluding hydrogens is 278 g/mol. The Morgan fingerprint density at radius 1 is 1.24 bits per heavy atom. The molecule has 0 bridgehead atoms. The van der Waals surface area contributed by atoms with Gasteiger partial charge in [-0.25, -0.2) is 9.97 Å². The zero-order valence-corrected chi connectivity index (χ0v) is 12.2. The summed E-state index contributed by atoms with van der Waals surface area (Å²) in [7, 11) is 0. The highest BCUT2D eigenvalue weighted by Crippen LogP contribution is 2.21. The summed E-state index contributed by atoms with van der Waals surface area (Å²) >= 11 is 1.67. The molecule has 0 aliphatic carbocycles. The van der Waals surface area contributed by atoms with Crippen LogP contribution in [0.3, 0.4) is 0 Å². The summed E-state index contributed by atoms with van der Waals surface area (Å²) in [6.45, 7) is 3.79. The standard InChI is InChI=1S/C17H13N3S/c1-2-12-5-6-20-10-14(19-17(20)9-12)7-13-3-4-15-16(8-13)21-11-18-15/h2-6,8-11H,1,7H2. The third-order valence-corrected chi connectivity index (χ3v) is 4.34. The number of imidazole rings is 1. The Labute approximate surface area is 126 Å². The lowest BCUT2D eigenvalue weighted by Gasteiger charge is -1.97. The van der Waals surface area contributed by atoms with Crippen LogP contribution < -0.4 is 0 Å². The van der Waals surface area contributed by atoms with Crippen LogP contribution in [0.15, 0.2) is 54.8 Å². The molecule has 3 aromatic heterocycles. The SMILES string of the molecule is C=Cc1ccn2cc(Cc3ccc4ncsc4c3)nc2c1. The van der Waals surface area contributed by atoms with Gasteiger partial charge in [0.1, 0.15) is 5.65 Å². The van der Waals surface area contributed by atoms with E-state index >= 15 is 0 Å². The van der Waals surface area contributed by atoms with Gasteiger partial charge in [-0.05, 0) is 35.4 Å². The molecule has 0 saturated heterocycles. The zero-order valence-electron chi connectivity index (χ0n) is 11.4. The van der Waals surface area contributed by atoms with Crippen molar-refractivity contribution in [3.8, 4) is 0 Å². The highest BCUT2D eigenvalue weighted by molar-refractivity contribution is 7.16.